The van der Waals surface area contributed by atoms with Crippen molar-refractivity contribution >= 4 is 5.69 Å². The minimum absolute atomic E-state index is 0.341. The summed E-state index contributed by atoms with van der Waals surface area (Å²) in [5.41, 5.74) is 6.65. The van der Waals surface area contributed by atoms with Crippen LogP contribution >= 0.6 is 0 Å². The summed E-state index contributed by atoms with van der Waals surface area (Å²) >= 11 is 0. The van der Waals surface area contributed by atoms with Gasteiger partial charge in [-0.1, -0.05) is 5.16 Å². The smallest absolute Gasteiger partial charge is 0.248 e. The Balaban J connectivity index is 1.78. The molecule has 9 heteroatoms. The van der Waals surface area contributed by atoms with Gasteiger partial charge in [0.25, 0.3) is 0 Å². The number of hydrogen-bond donors (Lipinski definition) is 1. The molecule has 0 bridgehead atoms. The number of anilines is 1. The van der Waals surface area contributed by atoms with Crippen molar-refractivity contribution in [3.05, 3.63) is 30.4 Å². The Morgan fingerprint density at radius 2 is 2.25 bits per heavy atom. The van der Waals surface area contributed by atoms with Gasteiger partial charge in [-0.05, 0) is 6.07 Å². The monoisotopic (exact) mass is 273 g/mol. The van der Waals surface area contributed by atoms with Gasteiger partial charge < -0.3 is 15.0 Å². The Labute approximate surface area is 113 Å². The molecule has 0 aromatic carbocycles. The van der Waals surface area contributed by atoms with E-state index < -0.39 is 0 Å². The largest absolute Gasteiger partial charge is 0.480 e. The summed E-state index contributed by atoms with van der Waals surface area (Å²) in [6.45, 7) is 0.341. The van der Waals surface area contributed by atoms with Crippen molar-refractivity contribution in [1.29, 1.82) is 0 Å². The lowest BCUT2D eigenvalue weighted by Gasteiger charge is -1.96. The van der Waals surface area contributed by atoms with Gasteiger partial charge in [-0.3, -0.25) is 4.68 Å². The molecule has 3 aromatic rings. The van der Waals surface area contributed by atoms with Crippen LogP contribution in [0.2, 0.25) is 0 Å². The van der Waals surface area contributed by atoms with Crippen molar-refractivity contribution in [3.8, 4) is 17.4 Å². The van der Waals surface area contributed by atoms with Crippen LogP contribution in [0.25, 0.3) is 11.5 Å². The quantitative estimate of drug-likeness (QED) is 0.724. The Kier molecular flexibility index (Phi) is 2.99. The summed E-state index contributed by atoms with van der Waals surface area (Å²) < 4.78 is 11.7. The van der Waals surface area contributed by atoms with E-state index in [0.717, 1.165) is 0 Å². The Bertz CT molecular complexity index is 704. The number of nitrogens with two attached hydrogens (primary N) is 1. The minimum atomic E-state index is 0.341. The van der Waals surface area contributed by atoms with E-state index in [2.05, 4.69) is 25.4 Å². The standard InChI is InChI=1S/C11H11N7O2/c1-19-9-3-2-8(15-16-9)11-14-10(20-17-11)6-18-5-7(12)4-13-18/h2-5H,6,12H2,1H3. The van der Waals surface area contributed by atoms with Crippen molar-refractivity contribution < 1.29 is 9.26 Å². The van der Waals surface area contributed by atoms with Crippen LogP contribution in [0.5, 0.6) is 5.88 Å². The second-order valence-electron chi connectivity index (χ2n) is 3.94. The minimum Gasteiger partial charge on any atom is -0.480 e. The first-order valence-electron chi connectivity index (χ1n) is 5.73. The highest BCUT2D eigenvalue weighted by atomic mass is 16.5. The highest BCUT2D eigenvalue weighted by molar-refractivity contribution is 5.47. The molecule has 0 atom stereocenters. The summed E-state index contributed by atoms with van der Waals surface area (Å²) in [6, 6.07) is 3.37. The number of nitrogen functional groups attached to an aromatic ring is 1. The number of methoxy groups -OCH3 is 1. The van der Waals surface area contributed by atoms with Crippen molar-refractivity contribution in [2.75, 3.05) is 12.8 Å². The molecule has 0 radical (unpaired) electrons. The summed E-state index contributed by atoms with van der Waals surface area (Å²) in [5, 5.41) is 15.7. The van der Waals surface area contributed by atoms with Gasteiger partial charge in [-0.2, -0.15) is 10.1 Å². The molecule has 0 saturated heterocycles. The molecule has 0 aliphatic heterocycles. The maximum Gasteiger partial charge on any atom is 0.248 e. The maximum absolute atomic E-state index is 5.58. The van der Waals surface area contributed by atoms with Crippen LogP contribution in [-0.2, 0) is 6.54 Å². The van der Waals surface area contributed by atoms with Gasteiger partial charge in [0, 0.05) is 12.3 Å². The van der Waals surface area contributed by atoms with Gasteiger partial charge in [0.1, 0.15) is 12.2 Å². The summed E-state index contributed by atoms with van der Waals surface area (Å²) in [7, 11) is 1.52. The Hall–Kier alpha value is -2.97. The number of ether oxygens (including phenoxy) is 1. The SMILES string of the molecule is COc1ccc(-c2noc(Cn3cc(N)cn3)n2)nn1. The number of aromatic nitrogens is 6. The fraction of sp³-hybridized carbons (Fsp3) is 0.182. The summed E-state index contributed by atoms with van der Waals surface area (Å²) in [5.74, 6) is 1.18. The van der Waals surface area contributed by atoms with Gasteiger partial charge in [0.15, 0.2) is 0 Å². The summed E-state index contributed by atoms with van der Waals surface area (Å²) in [6.07, 6.45) is 3.23. The van der Waals surface area contributed by atoms with E-state index in [1.807, 2.05) is 0 Å². The van der Waals surface area contributed by atoms with Crippen LogP contribution < -0.4 is 10.5 Å². The molecule has 0 spiro atoms. The molecule has 9 nitrogen and oxygen atoms in total. The topological polar surface area (TPSA) is 118 Å². The molecule has 0 unspecified atom stereocenters. The predicted octanol–water partition coefficient (Wildman–Crippen LogP) is 0.362. The lowest BCUT2D eigenvalue weighted by molar-refractivity contribution is 0.366. The van der Waals surface area contributed by atoms with E-state index in [-0.39, 0.29) is 0 Å². The third-order valence-electron chi connectivity index (χ3n) is 2.50. The molecule has 20 heavy (non-hydrogen) atoms. The molecule has 2 N–H and O–H groups in total. The predicted molar refractivity (Wildman–Crippen MR) is 67.6 cm³/mol. The van der Waals surface area contributed by atoms with E-state index in [1.165, 1.54) is 7.11 Å². The lowest BCUT2D eigenvalue weighted by atomic mass is 10.4. The Morgan fingerprint density at radius 3 is 2.90 bits per heavy atom. The normalized spacial score (nSPS) is 10.7. The van der Waals surface area contributed by atoms with Crippen LogP contribution in [-0.4, -0.2) is 37.2 Å². The molecule has 0 aliphatic rings. The van der Waals surface area contributed by atoms with Gasteiger partial charge in [-0.25, -0.2) is 0 Å². The molecule has 102 valence electrons. The number of hydrogen-bond acceptors (Lipinski definition) is 8. The zero-order valence-electron chi connectivity index (χ0n) is 10.6. The molecule has 3 rings (SSSR count). The van der Waals surface area contributed by atoms with Gasteiger partial charge in [-0.15, -0.1) is 10.2 Å². The maximum atomic E-state index is 5.58. The molecule has 0 fully saturated rings. The van der Waals surface area contributed by atoms with Gasteiger partial charge in [0.05, 0.1) is 19.0 Å². The van der Waals surface area contributed by atoms with Crippen LogP contribution in [0, 0.1) is 0 Å². The first kappa shape index (κ1) is 12.1. The van der Waals surface area contributed by atoms with E-state index in [0.29, 0.717) is 35.5 Å². The van der Waals surface area contributed by atoms with E-state index in [9.17, 15) is 0 Å². The van der Waals surface area contributed by atoms with E-state index in [1.54, 1.807) is 29.2 Å². The molecular formula is C11H11N7O2. The Morgan fingerprint density at radius 1 is 1.35 bits per heavy atom. The van der Waals surface area contributed by atoms with Crippen molar-refractivity contribution in [2.24, 2.45) is 0 Å². The van der Waals surface area contributed by atoms with Crippen molar-refractivity contribution in [3.63, 3.8) is 0 Å². The average Bonchev–Trinajstić information content (AvgIpc) is 3.09. The first-order chi connectivity index (χ1) is 9.74. The van der Waals surface area contributed by atoms with Gasteiger partial charge in [0.2, 0.25) is 17.6 Å². The number of rotatable bonds is 4. The van der Waals surface area contributed by atoms with Crippen LogP contribution in [0.3, 0.4) is 0 Å². The zero-order valence-corrected chi connectivity index (χ0v) is 10.6. The van der Waals surface area contributed by atoms with Crippen LogP contribution in [0.15, 0.2) is 29.0 Å². The van der Waals surface area contributed by atoms with Crippen LogP contribution in [0.1, 0.15) is 5.89 Å². The van der Waals surface area contributed by atoms with Crippen molar-refractivity contribution in [2.45, 2.75) is 6.54 Å². The molecular weight excluding hydrogens is 262 g/mol. The second-order valence-corrected chi connectivity index (χ2v) is 3.94. The first-order valence-corrected chi connectivity index (χ1v) is 5.73. The average molecular weight is 273 g/mol. The number of nitrogens with zero attached hydrogens (tertiary/aromatic N) is 6. The van der Waals surface area contributed by atoms with E-state index in [4.69, 9.17) is 15.0 Å². The van der Waals surface area contributed by atoms with Gasteiger partial charge >= 0.3 is 0 Å². The third-order valence-corrected chi connectivity index (χ3v) is 2.50. The summed E-state index contributed by atoms with van der Waals surface area (Å²) in [4.78, 5) is 4.22. The fourth-order valence-electron chi connectivity index (χ4n) is 1.58. The van der Waals surface area contributed by atoms with Crippen molar-refractivity contribution in [1.82, 2.24) is 30.1 Å². The molecule has 3 heterocycles. The highest BCUT2D eigenvalue weighted by Crippen LogP contribution is 2.14. The fourth-order valence-corrected chi connectivity index (χ4v) is 1.58. The molecule has 3 aromatic heterocycles. The molecule has 0 amide bonds. The molecule has 0 aliphatic carbocycles. The third kappa shape index (κ3) is 2.41. The van der Waals surface area contributed by atoms with Crippen LogP contribution in [0.4, 0.5) is 5.69 Å². The van der Waals surface area contributed by atoms with E-state index >= 15 is 0 Å². The zero-order chi connectivity index (χ0) is 13.9. The second kappa shape index (κ2) is 4.96. The lowest BCUT2D eigenvalue weighted by Crippen LogP contribution is -2.00. The highest BCUT2D eigenvalue weighted by Gasteiger charge is 2.11. The molecule has 0 saturated carbocycles.